The Labute approximate surface area is 124 Å². The molecule has 3 nitrogen and oxygen atoms in total. The van der Waals surface area contributed by atoms with Crippen LogP contribution >= 0.6 is 15.9 Å². The average molecular weight is 327 g/mol. The lowest BCUT2D eigenvalue weighted by molar-refractivity contribution is 0.205. The Balaban J connectivity index is 2.16. The molecular weight excluding hydrogens is 304 g/mol. The number of halogens is 1. The first-order chi connectivity index (χ1) is 9.17. The van der Waals surface area contributed by atoms with Crippen LogP contribution in [0.4, 0.5) is 5.69 Å². The quantitative estimate of drug-likeness (QED) is 0.831. The third-order valence-electron chi connectivity index (χ3n) is 3.74. The Bertz CT molecular complexity index is 421. The van der Waals surface area contributed by atoms with Gasteiger partial charge in [0.1, 0.15) is 0 Å². The van der Waals surface area contributed by atoms with Crippen molar-refractivity contribution in [2.75, 3.05) is 32.2 Å². The summed E-state index contributed by atoms with van der Waals surface area (Å²) in [4.78, 5) is 2.46. The average Bonchev–Trinajstić information content (AvgIpc) is 3.23. The number of hydrogen-bond acceptors (Lipinski definition) is 3. The molecule has 106 valence electrons. The summed E-state index contributed by atoms with van der Waals surface area (Å²) in [6.45, 7) is 3.92. The number of rotatable bonds is 7. The lowest BCUT2D eigenvalue weighted by Gasteiger charge is -2.25. The number of anilines is 1. The maximum Gasteiger partial charge on any atom is 0.0637 e. The van der Waals surface area contributed by atoms with Crippen molar-refractivity contribution in [1.29, 1.82) is 0 Å². The van der Waals surface area contributed by atoms with E-state index in [9.17, 15) is 0 Å². The van der Waals surface area contributed by atoms with Gasteiger partial charge in [-0.1, -0.05) is 22.0 Å². The van der Waals surface area contributed by atoms with Crippen LogP contribution in [-0.2, 0) is 4.74 Å². The van der Waals surface area contributed by atoms with Gasteiger partial charge in [0.15, 0.2) is 0 Å². The van der Waals surface area contributed by atoms with Crippen molar-refractivity contribution in [1.82, 2.24) is 5.32 Å². The summed E-state index contributed by atoms with van der Waals surface area (Å²) < 4.78 is 6.39. The van der Waals surface area contributed by atoms with Gasteiger partial charge in [-0.15, -0.1) is 0 Å². The van der Waals surface area contributed by atoms with Crippen LogP contribution in [-0.4, -0.2) is 33.4 Å². The van der Waals surface area contributed by atoms with E-state index < -0.39 is 0 Å². The van der Waals surface area contributed by atoms with Crippen LogP contribution in [0.2, 0.25) is 0 Å². The lowest BCUT2D eigenvalue weighted by atomic mass is 10.1. The summed E-state index contributed by atoms with van der Waals surface area (Å²) in [5.74, 6) is 0. The fourth-order valence-corrected chi connectivity index (χ4v) is 3.01. The van der Waals surface area contributed by atoms with Gasteiger partial charge in [-0.2, -0.15) is 0 Å². The van der Waals surface area contributed by atoms with Crippen molar-refractivity contribution in [3.8, 4) is 0 Å². The standard InChI is InChI=1S/C15H23BrN2O/c1-11(17-2)14-7-6-13(10-15(14)16)18(8-9-19-3)12-4-5-12/h6-7,10-12,17H,4-5,8-9H2,1-3H3. The SMILES string of the molecule is CNC(C)c1ccc(N(CCOC)C2CC2)cc1Br. The maximum atomic E-state index is 5.22. The number of benzene rings is 1. The second-order valence-corrected chi connectivity index (χ2v) is 5.99. The molecule has 0 heterocycles. The highest BCUT2D eigenvalue weighted by Crippen LogP contribution is 2.34. The zero-order chi connectivity index (χ0) is 13.8. The third-order valence-corrected chi connectivity index (χ3v) is 4.43. The topological polar surface area (TPSA) is 24.5 Å². The van der Waals surface area contributed by atoms with Gasteiger partial charge < -0.3 is 15.0 Å². The second-order valence-electron chi connectivity index (χ2n) is 5.13. The highest BCUT2D eigenvalue weighted by Gasteiger charge is 2.29. The normalized spacial score (nSPS) is 16.4. The number of nitrogens with one attached hydrogen (secondary N) is 1. The van der Waals surface area contributed by atoms with Crippen molar-refractivity contribution in [3.63, 3.8) is 0 Å². The van der Waals surface area contributed by atoms with E-state index in [0.717, 1.165) is 13.2 Å². The van der Waals surface area contributed by atoms with E-state index >= 15 is 0 Å². The molecule has 2 rings (SSSR count). The molecule has 0 aromatic heterocycles. The molecule has 0 aliphatic heterocycles. The van der Waals surface area contributed by atoms with E-state index in [4.69, 9.17) is 4.74 Å². The van der Waals surface area contributed by atoms with E-state index in [0.29, 0.717) is 12.1 Å². The summed E-state index contributed by atoms with van der Waals surface area (Å²) in [6, 6.07) is 7.73. The highest BCUT2D eigenvalue weighted by atomic mass is 79.9. The van der Waals surface area contributed by atoms with E-state index in [1.807, 2.05) is 7.05 Å². The first-order valence-electron chi connectivity index (χ1n) is 6.89. The first-order valence-corrected chi connectivity index (χ1v) is 7.69. The van der Waals surface area contributed by atoms with Crippen LogP contribution in [0.15, 0.2) is 22.7 Å². The molecule has 0 amide bonds. The summed E-state index contributed by atoms with van der Waals surface area (Å²) in [6.07, 6.45) is 2.60. The van der Waals surface area contributed by atoms with Gasteiger partial charge in [-0.3, -0.25) is 0 Å². The third kappa shape index (κ3) is 3.71. The highest BCUT2D eigenvalue weighted by molar-refractivity contribution is 9.10. The molecule has 1 fully saturated rings. The van der Waals surface area contributed by atoms with Gasteiger partial charge in [-0.25, -0.2) is 0 Å². The van der Waals surface area contributed by atoms with Crippen molar-refractivity contribution in [2.45, 2.75) is 31.8 Å². The van der Waals surface area contributed by atoms with Gasteiger partial charge in [0.2, 0.25) is 0 Å². The molecule has 1 saturated carbocycles. The Morgan fingerprint density at radius 1 is 1.47 bits per heavy atom. The predicted octanol–water partition coefficient (Wildman–Crippen LogP) is 3.34. The molecule has 0 spiro atoms. The molecule has 1 aliphatic rings. The molecule has 4 heteroatoms. The maximum absolute atomic E-state index is 5.22. The van der Waals surface area contributed by atoms with Crippen molar-refractivity contribution in [3.05, 3.63) is 28.2 Å². The Hall–Kier alpha value is -0.580. The van der Waals surface area contributed by atoms with E-state index in [-0.39, 0.29) is 0 Å². The van der Waals surface area contributed by atoms with Crippen LogP contribution in [0.5, 0.6) is 0 Å². The van der Waals surface area contributed by atoms with Crippen molar-refractivity contribution in [2.24, 2.45) is 0 Å². The summed E-state index contributed by atoms with van der Waals surface area (Å²) in [7, 11) is 3.75. The molecule has 1 aromatic carbocycles. The summed E-state index contributed by atoms with van der Waals surface area (Å²) >= 11 is 3.70. The van der Waals surface area contributed by atoms with Gasteiger partial charge in [0.05, 0.1) is 6.61 Å². The molecule has 0 saturated heterocycles. The molecular formula is C15H23BrN2O. The monoisotopic (exact) mass is 326 g/mol. The minimum atomic E-state index is 0.358. The molecule has 19 heavy (non-hydrogen) atoms. The van der Waals surface area contributed by atoms with Gasteiger partial charge in [0, 0.05) is 35.9 Å². The molecule has 1 unspecified atom stereocenters. The Morgan fingerprint density at radius 2 is 2.21 bits per heavy atom. The zero-order valence-corrected chi connectivity index (χ0v) is 13.5. The number of hydrogen-bond donors (Lipinski definition) is 1. The zero-order valence-electron chi connectivity index (χ0n) is 11.9. The van der Waals surface area contributed by atoms with Gasteiger partial charge >= 0.3 is 0 Å². The van der Waals surface area contributed by atoms with Crippen molar-refractivity contribution < 1.29 is 4.74 Å². The largest absolute Gasteiger partial charge is 0.383 e. The number of ether oxygens (including phenoxy) is 1. The smallest absolute Gasteiger partial charge is 0.0637 e. The minimum Gasteiger partial charge on any atom is -0.383 e. The number of methoxy groups -OCH3 is 1. The Kier molecular flexibility index (Phi) is 5.25. The van der Waals surface area contributed by atoms with Crippen LogP contribution in [0.1, 0.15) is 31.4 Å². The predicted molar refractivity (Wildman–Crippen MR) is 83.9 cm³/mol. The Morgan fingerprint density at radius 3 is 2.74 bits per heavy atom. The van der Waals surface area contributed by atoms with Gasteiger partial charge in [-0.05, 0) is 44.5 Å². The van der Waals surface area contributed by atoms with Gasteiger partial charge in [0.25, 0.3) is 0 Å². The van der Waals surface area contributed by atoms with Crippen LogP contribution in [0, 0.1) is 0 Å². The van der Waals surface area contributed by atoms with E-state index in [1.165, 1.54) is 28.6 Å². The van der Waals surface area contributed by atoms with Crippen molar-refractivity contribution >= 4 is 21.6 Å². The molecule has 1 N–H and O–H groups in total. The van der Waals surface area contributed by atoms with Crippen LogP contribution in [0.3, 0.4) is 0 Å². The van der Waals surface area contributed by atoms with E-state index in [1.54, 1.807) is 7.11 Å². The molecule has 0 bridgehead atoms. The fraction of sp³-hybridized carbons (Fsp3) is 0.600. The molecule has 0 radical (unpaired) electrons. The minimum absolute atomic E-state index is 0.358. The van der Waals surface area contributed by atoms with Crippen LogP contribution < -0.4 is 10.2 Å². The summed E-state index contributed by atoms with van der Waals surface area (Å²) in [5.41, 5.74) is 2.59. The number of nitrogens with zero attached hydrogens (tertiary/aromatic N) is 1. The molecule has 1 atom stereocenters. The molecule has 1 aromatic rings. The summed E-state index contributed by atoms with van der Waals surface area (Å²) in [5, 5.41) is 3.28. The van der Waals surface area contributed by atoms with E-state index in [2.05, 4.69) is 51.3 Å². The second kappa shape index (κ2) is 6.73. The molecule has 1 aliphatic carbocycles. The lowest BCUT2D eigenvalue weighted by Crippen LogP contribution is -2.29. The van der Waals surface area contributed by atoms with Crippen LogP contribution in [0.25, 0.3) is 0 Å². The first kappa shape index (κ1) is 14.8. The fourth-order valence-electron chi connectivity index (χ4n) is 2.30.